The van der Waals surface area contributed by atoms with Gasteiger partial charge in [0.05, 0.1) is 24.2 Å². The zero-order chi connectivity index (χ0) is 12.4. The average Bonchev–Trinajstić information content (AvgIpc) is 2.77. The van der Waals surface area contributed by atoms with Crippen molar-refractivity contribution in [3.63, 3.8) is 0 Å². The standard InChI is InChI=1S/C14H19N3O/c1-2-17-13-6-4-3-5-12(13)16-14(17)9-11-10-18-8-7-15-11/h3-6,11,15H,2,7-10H2,1H3. The van der Waals surface area contributed by atoms with E-state index in [4.69, 9.17) is 9.72 Å². The summed E-state index contributed by atoms with van der Waals surface area (Å²) in [6.45, 7) is 5.68. The number of aryl methyl sites for hydroxylation is 1. The SMILES string of the molecule is CCn1c(CC2COCCN2)nc2ccccc21. The van der Waals surface area contributed by atoms with Crippen molar-refractivity contribution in [2.75, 3.05) is 19.8 Å². The summed E-state index contributed by atoms with van der Waals surface area (Å²) in [5.41, 5.74) is 2.32. The lowest BCUT2D eigenvalue weighted by Crippen LogP contribution is -2.43. The van der Waals surface area contributed by atoms with Gasteiger partial charge >= 0.3 is 0 Å². The van der Waals surface area contributed by atoms with Gasteiger partial charge in [0, 0.05) is 25.6 Å². The predicted octanol–water partition coefficient (Wildman–Crippen LogP) is 1.59. The first-order valence-electron chi connectivity index (χ1n) is 6.63. The fourth-order valence-corrected chi connectivity index (χ4v) is 2.61. The van der Waals surface area contributed by atoms with Crippen LogP contribution in [0.5, 0.6) is 0 Å². The number of imidazole rings is 1. The Kier molecular flexibility index (Phi) is 3.30. The summed E-state index contributed by atoms with van der Waals surface area (Å²) in [6, 6.07) is 8.72. The Labute approximate surface area is 107 Å². The Hall–Kier alpha value is -1.39. The summed E-state index contributed by atoms with van der Waals surface area (Å²) in [5.74, 6) is 1.15. The van der Waals surface area contributed by atoms with E-state index in [1.807, 2.05) is 6.07 Å². The van der Waals surface area contributed by atoms with E-state index in [9.17, 15) is 0 Å². The van der Waals surface area contributed by atoms with Crippen LogP contribution in [0.2, 0.25) is 0 Å². The molecule has 0 saturated carbocycles. The van der Waals surface area contributed by atoms with Crippen molar-refractivity contribution in [3.05, 3.63) is 30.1 Å². The van der Waals surface area contributed by atoms with Crippen molar-refractivity contribution in [3.8, 4) is 0 Å². The van der Waals surface area contributed by atoms with Gasteiger partial charge in [-0.05, 0) is 19.1 Å². The molecule has 18 heavy (non-hydrogen) atoms. The molecular formula is C14H19N3O. The van der Waals surface area contributed by atoms with E-state index in [0.29, 0.717) is 6.04 Å². The second-order valence-corrected chi connectivity index (χ2v) is 4.69. The Morgan fingerprint density at radius 2 is 2.33 bits per heavy atom. The van der Waals surface area contributed by atoms with Crippen molar-refractivity contribution in [2.24, 2.45) is 0 Å². The number of nitrogens with zero attached hydrogens (tertiary/aromatic N) is 2. The van der Waals surface area contributed by atoms with E-state index in [0.717, 1.165) is 44.1 Å². The van der Waals surface area contributed by atoms with Crippen LogP contribution in [0, 0.1) is 0 Å². The smallest absolute Gasteiger partial charge is 0.111 e. The summed E-state index contributed by atoms with van der Waals surface area (Å²) in [4.78, 5) is 4.75. The minimum atomic E-state index is 0.390. The van der Waals surface area contributed by atoms with Gasteiger partial charge in [-0.25, -0.2) is 4.98 Å². The molecule has 1 fully saturated rings. The van der Waals surface area contributed by atoms with Crippen molar-refractivity contribution >= 4 is 11.0 Å². The number of hydrogen-bond acceptors (Lipinski definition) is 3. The normalized spacial score (nSPS) is 20.4. The minimum absolute atomic E-state index is 0.390. The number of hydrogen-bond donors (Lipinski definition) is 1. The Balaban J connectivity index is 1.90. The topological polar surface area (TPSA) is 39.1 Å². The molecule has 0 amide bonds. The summed E-state index contributed by atoms with van der Waals surface area (Å²) in [7, 11) is 0. The molecule has 1 aliphatic rings. The maximum absolute atomic E-state index is 5.50. The zero-order valence-corrected chi connectivity index (χ0v) is 10.7. The third kappa shape index (κ3) is 2.13. The van der Waals surface area contributed by atoms with E-state index in [1.54, 1.807) is 0 Å². The van der Waals surface area contributed by atoms with Crippen LogP contribution in [0.15, 0.2) is 24.3 Å². The van der Waals surface area contributed by atoms with Crippen molar-refractivity contribution in [2.45, 2.75) is 25.9 Å². The van der Waals surface area contributed by atoms with Gasteiger partial charge in [-0.3, -0.25) is 0 Å². The van der Waals surface area contributed by atoms with Gasteiger partial charge < -0.3 is 14.6 Å². The average molecular weight is 245 g/mol. The molecule has 3 rings (SSSR count). The molecule has 0 spiro atoms. The molecule has 2 aromatic rings. The van der Waals surface area contributed by atoms with Gasteiger partial charge in [0.25, 0.3) is 0 Å². The quantitative estimate of drug-likeness (QED) is 0.892. The number of para-hydroxylation sites is 2. The number of aromatic nitrogens is 2. The highest BCUT2D eigenvalue weighted by Crippen LogP contribution is 2.17. The lowest BCUT2D eigenvalue weighted by atomic mass is 10.2. The monoisotopic (exact) mass is 245 g/mol. The summed E-state index contributed by atoms with van der Waals surface area (Å²) < 4.78 is 7.80. The fraction of sp³-hybridized carbons (Fsp3) is 0.500. The molecule has 4 heteroatoms. The number of benzene rings is 1. The van der Waals surface area contributed by atoms with E-state index in [1.165, 1.54) is 5.52 Å². The van der Waals surface area contributed by atoms with Gasteiger partial charge in [0.15, 0.2) is 0 Å². The molecule has 0 aliphatic carbocycles. The van der Waals surface area contributed by atoms with Gasteiger partial charge in [0.2, 0.25) is 0 Å². The number of nitrogens with one attached hydrogen (secondary N) is 1. The third-order valence-electron chi connectivity index (χ3n) is 3.48. The molecule has 0 radical (unpaired) electrons. The Morgan fingerprint density at radius 3 is 3.11 bits per heavy atom. The first kappa shape index (κ1) is 11.7. The van der Waals surface area contributed by atoms with Crippen molar-refractivity contribution < 1.29 is 4.74 Å². The van der Waals surface area contributed by atoms with Gasteiger partial charge in [0.1, 0.15) is 5.82 Å². The van der Waals surface area contributed by atoms with Crippen LogP contribution < -0.4 is 5.32 Å². The molecule has 0 bridgehead atoms. The number of morpholine rings is 1. The van der Waals surface area contributed by atoms with Crippen LogP contribution in [0.1, 0.15) is 12.7 Å². The Morgan fingerprint density at radius 1 is 1.44 bits per heavy atom. The Bertz CT molecular complexity index is 529. The molecule has 1 N–H and O–H groups in total. The number of fused-ring (bicyclic) bond motifs is 1. The summed E-state index contributed by atoms with van der Waals surface area (Å²) in [5, 5.41) is 3.48. The highest BCUT2D eigenvalue weighted by Gasteiger charge is 2.17. The summed E-state index contributed by atoms with van der Waals surface area (Å²) >= 11 is 0. The number of ether oxygens (including phenoxy) is 1. The fourth-order valence-electron chi connectivity index (χ4n) is 2.61. The van der Waals surface area contributed by atoms with Crippen LogP contribution >= 0.6 is 0 Å². The lowest BCUT2D eigenvalue weighted by Gasteiger charge is -2.23. The molecule has 2 heterocycles. The first-order valence-corrected chi connectivity index (χ1v) is 6.63. The zero-order valence-electron chi connectivity index (χ0n) is 10.7. The molecule has 1 saturated heterocycles. The number of rotatable bonds is 3. The van der Waals surface area contributed by atoms with Crippen molar-refractivity contribution in [1.29, 1.82) is 0 Å². The lowest BCUT2D eigenvalue weighted by molar-refractivity contribution is 0.0762. The van der Waals surface area contributed by atoms with E-state index in [-0.39, 0.29) is 0 Å². The van der Waals surface area contributed by atoms with E-state index < -0.39 is 0 Å². The molecule has 96 valence electrons. The molecule has 1 aromatic carbocycles. The second kappa shape index (κ2) is 5.08. The van der Waals surface area contributed by atoms with E-state index >= 15 is 0 Å². The van der Waals surface area contributed by atoms with Crippen LogP contribution in [-0.2, 0) is 17.7 Å². The molecular weight excluding hydrogens is 226 g/mol. The predicted molar refractivity (Wildman–Crippen MR) is 71.7 cm³/mol. The van der Waals surface area contributed by atoms with Crippen LogP contribution in [0.25, 0.3) is 11.0 Å². The first-order chi connectivity index (χ1) is 8.88. The molecule has 4 nitrogen and oxygen atoms in total. The van der Waals surface area contributed by atoms with Gasteiger partial charge in [-0.15, -0.1) is 0 Å². The van der Waals surface area contributed by atoms with Crippen LogP contribution in [0.3, 0.4) is 0 Å². The molecule has 1 atom stereocenters. The van der Waals surface area contributed by atoms with Gasteiger partial charge in [-0.2, -0.15) is 0 Å². The second-order valence-electron chi connectivity index (χ2n) is 4.69. The molecule has 1 aromatic heterocycles. The third-order valence-corrected chi connectivity index (χ3v) is 3.48. The molecule has 1 unspecified atom stereocenters. The largest absolute Gasteiger partial charge is 0.379 e. The van der Waals surface area contributed by atoms with Gasteiger partial charge in [-0.1, -0.05) is 12.1 Å². The van der Waals surface area contributed by atoms with Crippen molar-refractivity contribution in [1.82, 2.24) is 14.9 Å². The highest BCUT2D eigenvalue weighted by molar-refractivity contribution is 5.75. The van der Waals surface area contributed by atoms with E-state index in [2.05, 4.69) is 35.0 Å². The van der Waals surface area contributed by atoms with Crippen LogP contribution in [-0.4, -0.2) is 35.4 Å². The maximum Gasteiger partial charge on any atom is 0.111 e. The minimum Gasteiger partial charge on any atom is -0.379 e. The molecule has 1 aliphatic heterocycles. The summed E-state index contributed by atoms with van der Waals surface area (Å²) in [6.07, 6.45) is 0.933. The highest BCUT2D eigenvalue weighted by atomic mass is 16.5. The maximum atomic E-state index is 5.50. The van der Waals surface area contributed by atoms with Crippen LogP contribution in [0.4, 0.5) is 0 Å².